The number of ketones is 1. The average molecular weight is 307 g/mol. The maximum Gasteiger partial charge on any atom is 0.407 e. The van der Waals surface area contributed by atoms with Crippen molar-refractivity contribution in [2.75, 3.05) is 0 Å². The first-order valence-corrected chi connectivity index (χ1v) is 7.38. The Morgan fingerprint density at radius 2 is 1.82 bits per heavy atom. The number of aliphatic hydroxyl groups excluding tert-OH is 1. The summed E-state index contributed by atoms with van der Waals surface area (Å²) in [5.74, 6) is -0.128. The summed E-state index contributed by atoms with van der Waals surface area (Å²) in [6.07, 6.45) is -1.14. The number of aliphatic hydroxyl groups is 1. The van der Waals surface area contributed by atoms with E-state index in [4.69, 9.17) is 4.74 Å². The van der Waals surface area contributed by atoms with Crippen molar-refractivity contribution in [1.82, 2.24) is 5.32 Å². The molecule has 5 nitrogen and oxygen atoms in total. The molecule has 22 heavy (non-hydrogen) atoms. The van der Waals surface area contributed by atoms with E-state index in [0.29, 0.717) is 6.42 Å². The molecule has 0 bridgehead atoms. The van der Waals surface area contributed by atoms with Gasteiger partial charge in [-0.05, 0) is 39.7 Å². The van der Waals surface area contributed by atoms with Crippen molar-refractivity contribution < 1.29 is 19.4 Å². The summed E-state index contributed by atoms with van der Waals surface area (Å²) in [5, 5.41) is 12.9. The zero-order valence-electron chi connectivity index (χ0n) is 13.6. The molecule has 0 saturated heterocycles. The highest BCUT2D eigenvalue weighted by Gasteiger charge is 2.25. The fraction of sp³-hybridized carbons (Fsp3) is 0.529. The molecule has 0 fully saturated rings. The summed E-state index contributed by atoms with van der Waals surface area (Å²) in [5.41, 5.74) is 0.346. The molecule has 1 amide bonds. The molecule has 2 N–H and O–H groups in total. The fourth-order valence-electron chi connectivity index (χ4n) is 2.05. The number of ether oxygens (including phenoxy) is 1. The molecule has 0 aliphatic carbocycles. The van der Waals surface area contributed by atoms with E-state index in [1.807, 2.05) is 30.3 Å². The van der Waals surface area contributed by atoms with Crippen LogP contribution < -0.4 is 5.32 Å². The van der Waals surface area contributed by atoms with E-state index in [1.165, 1.54) is 6.92 Å². The average Bonchev–Trinajstić information content (AvgIpc) is 2.36. The second-order valence-electron chi connectivity index (χ2n) is 6.42. The Morgan fingerprint density at radius 1 is 1.23 bits per heavy atom. The maximum absolute atomic E-state index is 11.9. The third-order valence-electron chi connectivity index (χ3n) is 2.96. The first-order chi connectivity index (χ1) is 10.2. The van der Waals surface area contributed by atoms with Gasteiger partial charge in [-0.25, -0.2) is 4.79 Å². The summed E-state index contributed by atoms with van der Waals surface area (Å²) >= 11 is 0. The summed E-state index contributed by atoms with van der Waals surface area (Å²) in [7, 11) is 0. The topological polar surface area (TPSA) is 75.6 Å². The van der Waals surface area contributed by atoms with Crippen LogP contribution in [-0.4, -0.2) is 34.7 Å². The normalized spacial score (nSPS) is 14.0. The number of nitrogens with one attached hydrogen (secondary N) is 1. The second kappa shape index (κ2) is 7.94. The van der Waals surface area contributed by atoms with Crippen LogP contribution in [0.25, 0.3) is 0 Å². The largest absolute Gasteiger partial charge is 0.444 e. The van der Waals surface area contributed by atoms with Gasteiger partial charge in [0.05, 0.1) is 12.1 Å². The molecule has 122 valence electrons. The SMILES string of the molecule is CC(=O)CC(O)[C@H](Cc1ccccc1)NC(=O)OC(C)(C)C. The smallest absolute Gasteiger partial charge is 0.407 e. The van der Waals surface area contributed by atoms with Crippen LogP contribution in [0.5, 0.6) is 0 Å². The van der Waals surface area contributed by atoms with Gasteiger partial charge in [0.1, 0.15) is 11.4 Å². The number of carbonyl (C=O) groups excluding carboxylic acids is 2. The van der Waals surface area contributed by atoms with Gasteiger partial charge in [-0.2, -0.15) is 0 Å². The number of amides is 1. The minimum absolute atomic E-state index is 0.00665. The lowest BCUT2D eigenvalue weighted by molar-refractivity contribution is -0.119. The number of alkyl carbamates (subject to hydrolysis) is 1. The third kappa shape index (κ3) is 7.22. The molecule has 1 aromatic carbocycles. The molecule has 5 heteroatoms. The van der Waals surface area contributed by atoms with E-state index in [2.05, 4.69) is 5.32 Å². The van der Waals surface area contributed by atoms with Gasteiger partial charge >= 0.3 is 6.09 Å². The first-order valence-electron chi connectivity index (χ1n) is 7.38. The molecule has 0 aliphatic rings. The van der Waals surface area contributed by atoms with Gasteiger partial charge in [0.25, 0.3) is 0 Å². The monoisotopic (exact) mass is 307 g/mol. The molecule has 0 radical (unpaired) electrons. The van der Waals surface area contributed by atoms with Crippen molar-refractivity contribution in [3.8, 4) is 0 Å². The number of hydrogen-bond donors (Lipinski definition) is 2. The van der Waals surface area contributed by atoms with E-state index in [-0.39, 0.29) is 12.2 Å². The number of hydrogen-bond acceptors (Lipinski definition) is 4. The Balaban J connectivity index is 2.77. The van der Waals surface area contributed by atoms with Crippen LogP contribution in [0.3, 0.4) is 0 Å². The lowest BCUT2D eigenvalue weighted by atomic mass is 9.98. The minimum atomic E-state index is -0.953. The van der Waals surface area contributed by atoms with Crippen molar-refractivity contribution in [2.45, 2.75) is 58.3 Å². The molecular formula is C17H25NO4. The predicted molar refractivity (Wildman–Crippen MR) is 84.6 cm³/mol. The number of benzene rings is 1. The van der Waals surface area contributed by atoms with Gasteiger partial charge in [-0.1, -0.05) is 30.3 Å². The maximum atomic E-state index is 11.9. The zero-order valence-corrected chi connectivity index (χ0v) is 13.6. The fourth-order valence-corrected chi connectivity index (χ4v) is 2.05. The Morgan fingerprint density at radius 3 is 2.32 bits per heavy atom. The summed E-state index contributed by atoms with van der Waals surface area (Å²) in [6, 6.07) is 8.90. The van der Waals surface area contributed by atoms with Gasteiger partial charge in [0.2, 0.25) is 0 Å². The van der Waals surface area contributed by atoms with E-state index in [0.717, 1.165) is 5.56 Å². The molecule has 0 heterocycles. The van der Waals surface area contributed by atoms with Crippen molar-refractivity contribution in [2.24, 2.45) is 0 Å². The summed E-state index contributed by atoms with van der Waals surface area (Å²) in [4.78, 5) is 23.1. The number of rotatable bonds is 6. The van der Waals surface area contributed by atoms with E-state index in [9.17, 15) is 14.7 Å². The highest BCUT2D eigenvalue weighted by Crippen LogP contribution is 2.12. The van der Waals surface area contributed by atoms with Crippen molar-refractivity contribution >= 4 is 11.9 Å². The van der Waals surface area contributed by atoms with E-state index in [1.54, 1.807) is 20.8 Å². The molecule has 1 aromatic rings. The standard InChI is InChI=1S/C17H25NO4/c1-12(19)10-15(20)14(11-13-8-6-5-7-9-13)18-16(21)22-17(2,3)4/h5-9,14-15,20H,10-11H2,1-4H3,(H,18,21)/t14-,15?/m0/s1. The molecule has 2 atom stereocenters. The first kappa shape index (κ1) is 18.2. The summed E-state index contributed by atoms with van der Waals surface area (Å²) < 4.78 is 5.21. The molecule has 0 spiro atoms. The highest BCUT2D eigenvalue weighted by atomic mass is 16.6. The van der Waals surface area contributed by atoms with Gasteiger partial charge < -0.3 is 15.2 Å². The van der Waals surface area contributed by atoms with E-state index >= 15 is 0 Å². The van der Waals surface area contributed by atoms with Gasteiger partial charge in [-0.3, -0.25) is 4.79 Å². The van der Waals surface area contributed by atoms with Crippen molar-refractivity contribution in [3.63, 3.8) is 0 Å². The lowest BCUT2D eigenvalue weighted by Gasteiger charge is -2.26. The van der Waals surface area contributed by atoms with Gasteiger partial charge in [0.15, 0.2) is 0 Å². The Kier molecular flexibility index (Phi) is 6.56. The second-order valence-corrected chi connectivity index (χ2v) is 6.42. The molecule has 0 aromatic heterocycles. The van der Waals surface area contributed by atoms with Gasteiger partial charge in [0, 0.05) is 6.42 Å². The Hall–Kier alpha value is -1.88. The zero-order chi connectivity index (χ0) is 16.8. The van der Waals surface area contributed by atoms with Crippen molar-refractivity contribution in [1.29, 1.82) is 0 Å². The van der Waals surface area contributed by atoms with Gasteiger partial charge in [-0.15, -0.1) is 0 Å². The predicted octanol–water partition coefficient (Wildman–Crippen LogP) is 2.46. The molecule has 1 rings (SSSR count). The Labute approximate surface area is 131 Å². The van der Waals surface area contributed by atoms with Crippen LogP contribution in [0, 0.1) is 0 Å². The van der Waals surface area contributed by atoms with Crippen LogP contribution >= 0.6 is 0 Å². The van der Waals surface area contributed by atoms with Crippen LogP contribution in [0.15, 0.2) is 30.3 Å². The molecule has 1 unspecified atom stereocenters. The molecule has 0 aliphatic heterocycles. The minimum Gasteiger partial charge on any atom is -0.444 e. The summed E-state index contributed by atoms with van der Waals surface area (Å²) in [6.45, 7) is 6.72. The van der Waals surface area contributed by atoms with Crippen LogP contribution in [-0.2, 0) is 16.0 Å². The lowest BCUT2D eigenvalue weighted by Crippen LogP contribution is -2.47. The van der Waals surface area contributed by atoms with Crippen molar-refractivity contribution in [3.05, 3.63) is 35.9 Å². The Bertz CT molecular complexity index is 493. The van der Waals surface area contributed by atoms with Crippen LogP contribution in [0.2, 0.25) is 0 Å². The molecular weight excluding hydrogens is 282 g/mol. The number of carbonyl (C=O) groups is 2. The van der Waals surface area contributed by atoms with Crippen LogP contribution in [0.1, 0.15) is 39.7 Å². The third-order valence-corrected chi connectivity index (χ3v) is 2.96. The highest BCUT2D eigenvalue weighted by molar-refractivity contribution is 5.76. The quantitative estimate of drug-likeness (QED) is 0.846. The van der Waals surface area contributed by atoms with Crippen LogP contribution in [0.4, 0.5) is 4.79 Å². The molecule has 0 saturated carbocycles. The van der Waals surface area contributed by atoms with E-state index < -0.39 is 23.8 Å². The number of Topliss-reactive ketones (excluding diaryl/α,β-unsaturated/α-hetero) is 1.